The molecule has 30 heavy (non-hydrogen) atoms. The second-order valence-corrected chi connectivity index (χ2v) is 7.41. The maximum atomic E-state index is 13.2. The first-order valence-corrected chi connectivity index (χ1v) is 9.64. The minimum absolute atomic E-state index is 0.0644. The van der Waals surface area contributed by atoms with Crippen LogP contribution in [0.3, 0.4) is 0 Å². The van der Waals surface area contributed by atoms with E-state index >= 15 is 0 Å². The van der Waals surface area contributed by atoms with Crippen LogP contribution in [0.15, 0.2) is 48.5 Å². The van der Waals surface area contributed by atoms with E-state index in [1.54, 1.807) is 6.07 Å². The number of aromatic amines is 1. The van der Waals surface area contributed by atoms with Gasteiger partial charge in [-0.15, -0.1) is 0 Å². The van der Waals surface area contributed by atoms with Crippen LogP contribution in [0.2, 0.25) is 0 Å². The zero-order valence-electron chi connectivity index (χ0n) is 16.0. The molecule has 2 atom stereocenters. The van der Waals surface area contributed by atoms with Crippen molar-refractivity contribution in [2.45, 2.75) is 31.2 Å². The molecular weight excluding hydrogens is 397 g/mol. The molecule has 3 aromatic rings. The number of carbonyl (C=O) groups excluding carboxylic acids is 1. The molecule has 9 heteroatoms. The summed E-state index contributed by atoms with van der Waals surface area (Å²) >= 11 is 0. The van der Waals surface area contributed by atoms with Gasteiger partial charge in [-0.2, -0.15) is 13.2 Å². The molecule has 1 aromatic heterocycles. The number of benzene rings is 2. The van der Waals surface area contributed by atoms with Gasteiger partial charge >= 0.3 is 6.18 Å². The smallest absolute Gasteiger partial charge is 0.391 e. The van der Waals surface area contributed by atoms with E-state index in [1.807, 2.05) is 24.3 Å². The highest BCUT2D eigenvalue weighted by Gasteiger charge is 2.32. The first-order chi connectivity index (χ1) is 14.3. The molecule has 2 aromatic carbocycles. The highest BCUT2D eigenvalue weighted by Crippen LogP contribution is 2.32. The molecule has 2 heterocycles. The molecule has 1 aliphatic rings. The standard InChI is InChI=1S/C21H21F3N4O2/c22-21(23,24)14-5-3-4-13(10-14)18(11-19(30)28-9-8-15(29)12-28)27-20-25-16-6-1-2-7-17(16)26-20/h1-7,10,15,18,29H,8-9,11-12H2,(H2,25,26,27)/t15-,18?/m1/s1. The lowest BCUT2D eigenvalue weighted by Gasteiger charge is -2.23. The molecule has 0 saturated carbocycles. The highest BCUT2D eigenvalue weighted by molar-refractivity contribution is 5.79. The van der Waals surface area contributed by atoms with Gasteiger partial charge in [0.05, 0.1) is 35.2 Å². The number of hydrogen-bond acceptors (Lipinski definition) is 4. The summed E-state index contributed by atoms with van der Waals surface area (Å²) in [6.45, 7) is 0.665. The monoisotopic (exact) mass is 418 g/mol. The summed E-state index contributed by atoms with van der Waals surface area (Å²) in [5, 5.41) is 12.8. The molecule has 4 rings (SSSR count). The van der Waals surface area contributed by atoms with Crippen LogP contribution in [0.1, 0.15) is 30.0 Å². The number of amides is 1. The van der Waals surface area contributed by atoms with E-state index in [9.17, 15) is 23.1 Å². The first kappa shape index (κ1) is 20.2. The molecule has 3 N–H and O–H groups in total. The number of β-amino-alcohol motifs (C(OH)–C–C–N with tert-alkyl or cyclic N) is 1. The van der Waals surface area contributed by atoms with Gasteiger partial charge in [0.25, 0.3) is 0 Å². The van der Waals surface area contributed by atoms with Crippen molar-refractivity contribution in [1.29, 1.82) is 0 Å². The number of para-hydroxylation sites is 2. The molecule has 1 amide bonds. The fraction of sp³-hybridized carbons (Fsp3) is 0.333. The molecule has 0 bridgehead atoms. The topological polar surface area (TPSA) is 81.2 Å². The van der Waals surface area contributed by atoms with Crippen molar-refractivity contribution in [3.05, 3.63) is 59.7 Å². The minimum atomic E-state index is -4.48. The van der Waals surface area contributed by atoms with Gasteiger partial charge in [-0.1, -0.05) is 24.3 Å². The number of nitrogens with one attached hydrogen (secondary N) is 2. The zero-order valence-corrected chi connectivity index (χ0v) is 16.0. The van der Waals surface area contributed by atoms with Crippen LogP contribution in [-0.4, -0.2) is 45.1 Å². The third kappa shape index (κ3) is 4.40. The number of hydrogen-bond donors (Lipinski definition) is 3. The molecular formula is C21H21F3N4O2. The molecule has 1 saturated heterocycles. The predicted molar refractivity (Wildman–Crippen MR) is 106 cm³/mol. The van der Waals surface area contributed by atoms with E-state index in [-0.39, 0.29) is 18.9 Å². The maximum absolute atomic E-state index is 13.2. The molecule has 0 radical (unpaired) electrons. The third-order valence-corrected chi connectivity index (χ3v) is 5.21. The predicted octanol–water partition coefficient (Wildman–Crippen LogP) is 3.72. The third-order valence-electron chi connectivity index (χ3n) is 5.21. The molecule has 0 aliphatic carbocycles. The molecule has 6 nitrogen and oxygen atoms in total. The van der Waals surface area contributed by atoms with Gasteiger partial charge < -0.3 is 20.3 Å². The number of likely N-dealkylation sites (tertiary alicyclic amines) is 1. The SMILES string of the molecule is O=C(CC(Nc1nc2ccccc2[nH]1)c1cccc(C(F)(F)F)c1)N1CC[C@@H](O)C1. The van der Waals surface area contributed by atoms with Gasteiger partial charge in [0.2, 0.25) is 11.9 Å². The zero-order chi connectivity index (χ0) is 21.3. The molecule has 158 valence electrons. The Kier molecular flexibility index (Phi) is 5.38. The number of rotatable bonds is 5. The van der Waals surface area contributed by atoms with E-state index in [1.165, 1.54) is 11.0 Å². The summed E-state index contributed by atoms with van der Waals surface area (Å²) < 4.78 is 39.6. The normalized spacial score (nSPS) is 18.0. The van der Waals surface area contributed by atoms with Crippen LogP contribution in [0.25, 0.3) is 11.0 Å². The van der Waals surface area contributed by atoms with Crippen molar-refractivity contribution in [1.82, 2.24) is 14.9 Å². The van der Waals surface area contributed by atoms with E-state index in [0.717, 1.165) is 17.6 Å². The van der Waals surface area contributed by atoms with Gasteiger partial charge in [-0.25, -0.2) is 4.98 Å². The van der Waals surface area contributed by atoms with Crippen molar-refractivity contribution in [3.8, 4) is 0 Å². The van der Waals surface area contributed by atoms with Gasteiger partial charge in [0.1, 0.15) is 0 Å². The molecule has 1 unspecified atom stereocenters. The number of imidazole rings is 1. The summed E-state index contributed by atoms with van der Waals surface area (Å²) in [5.74, 6) is 0.130. The number of H-pyrrole nitrogens is 1. The van der Waals surface area contributed by atoms with Crippen LogP contribution in [-0.2, 0) is 11.0 Å². The lowest BCUT2D eigenvalue weighted by atomic mass is 10.0. The summed E-state index contributed by atoms with van der Waals surface area (Å²) in [7, 11) is 0. The Morgan fingerprint density at radius 2 is 2.07 bits per heavy atom. The van der Waals surface area contributed by atoms with Crippen LogP contribution in [0.5, 0.6) is 0 Å². The highest BCUT2D eigenvalue weighted by atomic mass is 19.4. The Bertz CT molecular complexity index is 1020. The average molecular weight is 418 g/mol. The Morgan fingerprint density at radius 1 is 1.27 bits per heavy atom. The van der Waals surface area contributed by atoms with Gasteiger partial charge in [-0.05, 0) is 36.2 Å². The molecule has 1 aliphatic heterocycles. The van der Waals surface area contributed by atoms with E-state index in [4.69, 9.17) is 0 Å². The maximum Gasteiger partial charge on any atom is 0.416 e. The number of fused-ring (bicyclic) bond motifs is 1. The lowest BCUT2D eigenvalue weighted by Crippen LogP contribution is -2.32. The Morgan fingerprint density at radius 3 is 2.77 bits per heavy atom. The van der Waals surface area contributed by atoms with Crippen LogP contribution < -0.4 is 5.32 Å². The van der Waals surface area contributed by atoms with Gasteiger partial charge in [0.15, 0.2) is 0 Å². The minimum Gasteiger partial charge on any atom is -0.391 e. The second kappa shape index (κ2) is 7.98. The quantitative estimate of drug-likeness (QED) is 0.590. The Balaban J connectivity index is 1.63. The number of aliphatic hydroxyl groups excluding tert-OH is 1. The van der Waals surface area contributed by atoms with Gasteiger partial charge in [-0.3, -0.25) is 4.79 Å². The van der Waals surface area contributed by atoms with Crippen molar-refractivity contribution >= 4 is 22.9 Å². The lowest BCUT2D eigenvalue weighted by molar-refractivity contribution is -0.137. The summed E-state index contributed by atoms with van der Waals surface area (Å²) in [6.07, 6.45) is -4.62. The van der Waals surface area contributed by atoms with Crippen molar-refractivity contribution in [2.24, 2.45) is 0 Å². The largest absolute Gasteiger partial charge is 0.416 e. The summed E-state index contributed by atoms with van der Waals surface area (Å²) in [6, 6.07) is 11.5. The van der Waals surface area contributed by atoms with Crippen molar-refractivity contribution in [2.75, 3.05) is 18.4 Å². The number of anilines is 1. The first-order valence-electron chi connectivity index (χ1n) is 9.64. The van der Waals surface area contributed by atoms with E-state index in [0.29, 0.717) is 30.0 Å². The van der Waals surface area contributed by atoms with Crippen molar-refractivity contribution < 1.29 is 23.1 Å². The number of alkyl halides is 3. The fourth-order valence-corrected chi connectivity index (χ4v) is 3.64. The number of aliphatic hydroxyl groups is 1. The number of halogens is 3. The molecule has 0 spiro atoms. The number of carbonyl (C=O) groups is 1. The fourth-order valence-electron chi connectivity index (χ4n) is 3.64. The average Bonchev–Trinajstić information content (AvgIpc) is 3.32. The summed E-state index contributed by atoms with van der Waals surface area (Å²) in [5.41, 5.74) is 1.03. The second-order valence-electron chi connectivity index (χ2n) is 7.41. The van der Waals surface area contributed by atoms with Crippen LogP contribution >= 0.6 is 0 Å². The van der Waals surface area contributed by atoms with E-state index < -0.39 is 23.9 Å². The van der Waals surface area contributed by atoms with Crippen molar-refractivity contribution in [3.63, 3.8) is 0 Å². The van der Waals surface area contributed by atoms with Gasteiger partial charge in [0, 0.05) is 13.1 Å². The van der Waals surface area contributed by atoms with Crippen LogP contribution in [0.4, 0.5) is 19.1 Å². The Labute approximate surface area is 170 Å². The number of aromatic nitrogens is 2. The van der Waals surface area contributed by atoms with E-state index in [2.05, 4.69) is 15.3 Å². The molecule has 1 fully saturated rings. The number of nitrogens with zero attached hydrogens (tertiary/aromatic N) is 2. The summed E-state index contributed by atoms with van der Waals surface area (Å²) in [4.78, 5) is 21.8. The Hall–Kier alpha value is -3.07. The van der Waals surface area contributed by atoms with Crippen LogP contribution in [0, 0.1) is 0 Å².